The minimum atomic E-state index is -0.835. The monoisotopic (exact) mass is 423 g/mol. The lowest BCUT2D eigenvalue weighted by molar-refractivity contribution is -0.136. The van der Waals surface area contributed by atoms with Gasteiger partial charge in [0.25, 0.3) is 0 Å². The summed E-state index contributed by atoms with van der Waals surface area (Å²) < 4.78 is 5.85. The quantitative estimate of drug-likeness (QED) is 0.684. The number of carboxylic acid groups (broad SMARTS) is 1. The zero-order valence-corrected chi connectivity index (χ0v) is 18.9. The summed E-state index contributed by atoms with van der Waals surface area (Å²) in [4.78, 5) is 23.0. The molecule has 2 fully saturated rings. The van der Waals surface area contributed by atoms with Crippen molar-refractivity contribution in [3.05, 3.63) is 35.8 Å². The number of hydrogen-bond donors (Lipinski definition) is 1. The van der Waals surface area contributed by atoms with Crippen molar-refractivity contribution in [2.75, 3.05) is 24.6 Å². The summed E-state index contributed by atoms with van der Waals surface area (Å²) in [5.74, 6) is 0.470. The summed E-state index contributed by atoms with van der Waals surface area (Å²) in [7, 11) is 0. The number of hydrogen-bond acceptors (Lipinski definition) is 5. The van der Waals surface area contributed by atoms with E-state index in [9.17, 15) is 9.90 Å². The number of pyridine rings is 2. The Bertz CT molecular complexity index is 926. The number of anilines is 1. The van der Waals surface area contributed by atoms with E-state index in [1.807, 2.05) is 31.5 Å². The number of carboxylic acids is 1. The molecule has 1 N–H and O–H groups in total. The second-order valence-corrected chi connectivity index (χ2v) is 9.80. The van der Waals surface area contributed by atoms with Gasteiger partial charge < -0.3 is 14.7 Å². The molecule has 2 aliphatic rings. The van der Waals surface area contributed by atoms with Gasteiger partial charge in [0.15, 0.2) is 0 Å². The Balaban J connectivity index is 1.65. The molecule has 2 aromatic rings. The second-order valence-electron chi connectivity index (χ2n) is 9.80. The maximum Gasteiger partial charge on any atom is 0.307 e. The third kappa shape index (κ3) is 5.00. The molecule has 0 radical (unpaired) electrons. The van der Waals surface area contributed by atoms with E-state index in [-0.39, 0.29) is 6.42 Å². The van der Waals surface area contributed by atoms with Crippen molar-refractivity contribution < 1.29 is 14.6 Å². The summed E-state index contributed by atoms with van der Waals surface area (Å²) in [6, 6.07) is 3.92. The Morgan fingerprint density at radius 1 is 1.19 bits per heavy atom. The molecule has 3 heterocycles. The normalized spacial score (nSPS) is 18.5. The molecule has 0 spiro atoms. The predicted octanol–water partition coefficient (Wildman–Crippen LogP) is 4.88. The van der Waals surface area contributed by atoms with E-state index >= 15 is 0 Å². The van der Waals surface area contributed by atoms with Gasteiger partial charge in [-0.15, -0.1) is 0 Å². The number of ether oxygens (including phenoxy) is 1. The maximum atomic E-state index is 11.6. The summed E-state index contributed by atoms with van der Waals surface area (Å²) in [5, 5.41) is 9.55. The lowest BCUT2D eigenvalue weighted by Crippen LogP contribution is -2.38. The van der Waals surface area contributed by atoms with Gasteiger partial charge in [0, 0.05) is 53.9 Å². The van der Waals surface area contributed by atoms with E-state index in [4.69, 9.17) is 4.74 Å². The van der Waals surface area contributed by atoms with Crippen LogP contribution in [0.25, 0.3) is 11.1 Å². The fourth-order valence-electron chi connectivity index (χ4n) is 4.39. The zero-order valence-electron chi connectivity index (χ0n) is 18.9. The maximum absolute atomic E-state index is 11.6. The van der Waals surface area contributed by atoms with Crippen LogP contribution in [0.2, 0.25) is 0 Å². The molecule has 1 aliphatic carbocycles. The minimum Gasteiger partial charge on any atom is -0.481 e. The third-order valence-electron chi connectivity index (χ3n) is 6.87. The number of piperidine rings is 1. The van der Waals surface area contributed by atoms with Crippen molar-refractivity contribution >= 4 is 11.7 Å². The van der Waals surface area contributed by atoms with Crippen molar-refractivity contribution in [1.29, 1.82) is 0 Å². The fourth-order valence-corrected chi connectivity index (χ4v) is 4.39. The molecule has 0 amide bonds. The highest BCUT2D eigenvalue weighted by atomic mass is 16.5. The van der Waals surface area contributed by atoms with Gasteiger partial charge in [-0.05, 0) is 50.0 Å². The van der Waals surface area contributed by atoms with Crippen molar-refractivity contribution in [3.8, 4) is 17.0 Å². The second kappa shape index (κ2) is 8.85. The Morgan fingerprint density at radius 2 is 1.94 bits per heavy atom. The highest BCUT2D eigenvalue weighted by molar-refractivity contribution is 5.84. The van der Waals surface area contributed by atoms with Gasteiger partial charge in [0.2, 0.25) is 5.88 Å². The van der Waals surface area contributed by atoms with Gasteiger partial charge in [-0.2, -0.15) is 0 Å². The highest BCUT2D eigenvalue weighted by Gasteiger charge is 2.29. The first-order valence-electron chi connectivity index (χ1n) is 11.4. The summed E-state index contributed by atoms with van der Waals surface area (Å²) in [5.41, 5.74) is 4.77. The van der Waals surface area contributed by atoms with Crippen molar-refractivity contribution in [1.82, 2.24) is 9.97 Å². The van der Waals surface area contributed by atoms with E-state index in [1.54, 1.807) is 0 Å². The Labute approximate surface area is 184 Å². The highest BCUT2D eigenvalue weighted by Crippen LogP contribution is 2.40. The van der Waals surface area contributed by atoms with E-state index in [0.29, 0.717) is 17.2 Å². The Hall–Kier alpha value is -2.63. The lowest BCUT2D eigenvalue weighted by Gasteiger charge is -2.40. The standard InChI is InChI=1S/C25H33N3O3/c1-17-20(13-23(29)30)24(28-11-9-25(2,3)10-12-28)21(15-26-17)19-7-8-22(27-14-19)31-16-18-5-4-6-18/h7-8,14-15,18H,4-6,9-13,16H2,1-3H3,(H,29,30). The van der Waals surface area contributed by atoms with Crippen LogP contribution in [0.3, 0.4) is 0 Å². The number of aliphatic carboxylic acids is 1. The van der Waals surface area contributed by atoms with Gasteiger partial charge in [-0.1, -0.05) is 20.3 Å². The number of aromatic nitrogens is 2. The predicted molar refractivity (Wildman–Crippen MR) is 122 cm³/mol. The van der Waals surface area contributed by atoms with Crippen molar-refractivity contribution in [2.24, 2.45) is 11.3 Å². The van der Waals surface area contributed by atoms with Crippen molar-refractivity contribution in [2.45, 2.75) is 59.3 Å². The molecule has 31 heavy (non-hydrogen) atoms. The van der Waals surface area contributed by atoms with Crippen LogP contribution in [-0.4, -0.2) is 40.7 Å². The number of nitrogens with zero attached hydrogens (tertiary/aromatic N) is 3. The average molecular weight is 424 g/mol. The molecule has 166 valence electrons. The lowest BCUT2D eigenvalue weighted by atomic mass is 9.82. The fraction of sp³-hybridized carbons (Fsp3) is 0.560. The van der Waals surface area contributed by atoms with Crippen LogP contribution in [0, 0.1) is 18.3 Å². The van der Waals surface area contributed by atoms with Crippen LogP contribution in [-0.2, 0) is 11.2 Å². The first-order valence-corrected chi connectivity index (χ1v) is 11.4. The van der Waals surface area contributed by atoms with Gasteiger partial charge >= 0.3 is 5.97 Å². The number of rotatable bonds is 7. The first-order chi connectivity index (χ1) is 14.8. The molecule has 1 saturated carbocycles. The molecule has 2 aromatic heterocycles. The van der Waals surface area contributed by atoms with Crippen LogP contribution in [0.5, 0.6) is 5.88 Å². The minimum absolute atomic E-state index is 0.0298. The largest absolute Gasteiger partial charge is 0.481 e. The Morgan fingerprint density at radius 3 is 2.52 bits per heavy atom. The van der Waals surface area contributed by atoms with Gasteiger partial charge in [-0.3, -0.25) is 9.78 Å². The molecule has 0 atom stereocenters. The first kappa shape index (κ1) is 21.6. The van der Waals surface area contributed by atoms with Crippen LogP contribution in [0.4, 0.5) is 5.69 Å². The summed E-state index contributed by atoms with van der Waals surface area (Å²) >= 11 is 0. The van der Waals surface area contributed by atoms with Gasteiger partial charge in [-0.25, -0.2) is 4.98 Å². The molecule has 0 bridgehead atoms. The van der Waals surface area contributed by atoms with E-state index < -0.39 is 5.97 Å². The molecular formula is C25H33N3O3. The SMILES string of the molecule is Cc1ncc(-c2ccc(OCC3CCC3)nc2)c(N2CCC(C)(C)CC2)c1CC(=O)O. The Kier molecular flexibility index (Phi) is 6.17. The smallest absolute Gasteiger partial charge is 0.307 e. The zero-order chi connectivity index (χ0) is 22.0. The molecule has 1 saturated heterocycles. The van der Waals surface area contributed by atoms with Crippen LogP contribution < -0.4 is 9.64 Å². The molecule has 0 unspecified atom stereocenters. The molecule has 4 rings (SSSR count). The van der Waals surface area contributed by atoms with E-state index in [1.165, 1.54) is 19.3 Å². The topological polar surface area (TPSA) is 75.6 Å². The summed E-state index contributed by atoms with van der Waals surface area (Å²) in [6.07, 6.45) is 9.60. The van der Waals surface area contributed by atoms with Crippen LogP contribution >= 0.6 is 0 Å². The van der Waals surface area contributed by atoms with Crippen LogP contribution in [0.1, 0.15) is 57.2 Å². The third-order valence-corrected chi connectivity index (χ3v) is 6.87. The molecular weight excluding hydrogens is 390 g/mol. The molecule has 1 aliphatic heterocycles. The summed E-state index contributed by atoms with van der Waals surface area (Å²) in [6.45, 7) is 9.05. The average Bonchev–Trinajstić information content (AvgIpc) is 2.69. The van der Waals surface area contributed by atoms with E-state index in [2.05, 4.69) is 28.7 Å². The van der Waals surface area contributed by atoms with Gasteiger partial charge in [0.1, 0.15) is 0 Å². The van der Waals surface area contributed by atoms with Crippen LogP contribution in [0.15, 0.2) is 24.5 Å². The number of carbonyl (C=O) groups is 1. The molecule has 6 nitrogen and oxygen atoms in total. The van der Waals surface area contributed by atoms with Crippen molar-refractivity contribution in [3.63, 3.8) is 0 Å². The number of aryl methyl sites for hydroxylation is 1. The van der Waals surface area contributed by atoms with Gasteiger partial charge in [0.05, 0.1) is 18.7 Å². The molecule has 6 heteroatoms. The van der Waals surface area contributed by atoms with E-state index in [0.717, 1.165) is 60.6 Å². The molecule has 0 aromatic carbocycles.